The van der Waals surface area contributed by atoms with Crippen LogP contribution in [-0.4, -0.2) is 35.6 Å². The standard InChI is InChI=1S/C24H23N3O4S2/c1-16(28)27(19-7-4-3-5-8-19)24-25-18(15-33-24)14-31-23(30)17-11-22(29)26(13-17)20-9-6-10-21(12-20)32-2/h3-10,12,15,17H,11,13-14H2,1-2H3/t17-/m0/s1. The van der Waals surface area contributed by atoms with Crippen LogP contribution in [0.15, 0.2) is 64.9 Å². The summed E-state index contributed by atoms with van der Waals surface area (Å²) in [7, 11) is 0. The van der Waals surface area contributed by atoms with Gasteiger partial charge in [-0.3, -0.25) is 19.3 Å². The van der Waals surface area contributed by atoms with Crippen LogP contribution in [0.4, 0.5) is 16.5 Å². The lowest BCUT2D eigenvalue weighted by atomic mass is 10.1. The predicted octanol–water partition coefficient (Wildman–Crippen LogP) is 4.65. The van der Waals surface area contributed by atoms with E-state index < -0.39 is 11.9 Å². The van der Waals surface area contributed by atoms with Gasteiger partial charge in [-0.25, -0.2) is 4.98 Å². The first-order chi connectivity index (χ1) is 16.0. The molecule has 0 bridgehead atoms. The molecule has 33 heavy (non-hydrogen) atoms. The van der Waals surface area contributed by atoms with Gasteiger partial charge >= 0.3 is 5.97 Å². The van der Waals surface area contributed by atoms with Gasteiger partial charge in [-0.2, -0.15) is 0 Å². The lowest BCUT2D eigenvalue weighted by molar-refractivity contribution is -0.149. The van der Waals surface area contributed by atoms with Gasteiger partial charge in [-0.1, -0.05) is 24.3 Å². The Kier molecular flexibility index (Phi) is 7.10. The zero-order chi connectivity index (χ0) is 23.4. The molecule has 1 aliphatic rings. The van der Waals surface area contributed by atoms with Crippen LogP contribution in [0.2, 0.25) is 0 Å². The quantitative estimate of drug-likeness (QED) is 0.361. The van der Waals surface area contributed by atoms with Crippen LogP contribution in [0.1, 0.15) is 19.0 Å². The monoisotopic (exact) mass is 481 g/mol. The summed E-state index contributed by atoms with van der Waals surface area (Å²) in [6, 6.07) is 16.9. The highest BCUT2D eigenvalue weighted by atomic mass is 32.2. The van der Waals surface area contributed by atoms with E-state index in [-0.39, 0.29) is 24.8 Å². The topological polar surface area (TPSA) is 79.8 Å². The summed E-state index contributed by atoms with van der Waals surface area (Å²) in [5, 5.41) is 2.28. The molecule has 0 N–H and O–H groups in total. The number of thioether (sulfide) groups is 1. The van der Waals surface area contributed by atoms with Crippen molar-refractivity contribution in [2.75, 3.05) is 22.6 Å². The first kappa shape index (κ1) is 23.0. The third-order valence-corrected chi connectivity index (χ3v) is 6.85. The third-order valence-electron chi connectivity index (χ3n) is 5.25. The fraction of sp³-hybridized carbons (Fsp3) is 0.250. The molecule has 9 heteroatoms. The van der Waals surface area contributed by atoms with E-state index in [0.29, 0.717) is 17.4 Å². The van der Waals surface area contributed by atoms with Gasteiger partial charge in [0.25, 0.3) is 0 Å². The van der Waals surface area contributed by atoms with E-state index in [1.54, 1.807) is 22.0 Å². The largest absolute Gasteiger partial charge is 0.459 e. The second-order valence-corrected chi connectivity index (χ2v) is 9.24. The number of aromatic nitrogens is 1. The van der Waals surface area contributed by atoms with Gasteiger partial charge < -0.3 is 9.64 Å². The molecule has 170 valence electrons. The van der Waals surface area contributed by atoms with Crippen molar-refractivity contribution in [3.8, 4) is 0 Å². The maximum Gasteiger partial charge on any atom is 0.311 e. The molecular weight excluding hydrogens is 458 g/mol. The molecule has 0 spiro atoms. The summed E-state index contributed by atoms with van der Waals surface area (Å²) < 4.78 is 5.47. The summed E-state index contributed by atoms with van der Waals surface area (Å²) >= 11 is 2.90. The van der Waals surface area contributed by atoms with Crippen molar-refractivity contribution in [3.63, 3.8) is 0 Å². The van der Waals surface area contributed by atoms with Gasteiger partial charge in [-0.05, 0) is 36.6 Å². The van der Waals surface area contributed by atoms with E-state index >= 15 is 0 Å². The molecule has 2 amide bonds. The second kappa shape index (κ2) is 10.2. The van der Waals surface area contributed by atoms with Gasteiger partial charge in [0, 0.05) is 35.9 Å². The Morgan fingerprint density at radius 2 is 2.00 bits per heavy atom. The van der Waals surface area contributed by atoms with Crippen LogP contribution in [0.25, 0.3) is 0 Å². The summed E-state index contributed by atoms with van der Waals surface area (Å²) in [4.78, 5) is 46.0. The van der Waals surface area contributed by atoms with Crippen molar-refractivity contribution in [1.82, 2.24) is 4.98 Å². The molecule has 3 aromatic rings. The number of esters is 1. The van der Waals surface area contributed by atoms with Crippen LogP contribution in [0.3, 0.4) is 0 Å². The normalized spacial score (nSPS) is 15.5. The second-order valence-electron chi connectivity index (χ2n) is 7.53. The van der Waals surface area contributed by atoms with Crippen molar-refractivity contribution in [1.29, 1.82) is 0 Å². The van der Waals surface area contributed by atoms with E-state index in [1.165, 1.54) is 23.2 Å². The number of para-hydroxylation sites is 1. The van der Waals surface area contributed by atoms with Gasteiger partial charge in [0.15, 0.2) is 5.13 Å². The molecule has 0 unspecified atom stereocenters. The molecule has 1 atom stereocenters. The molecule has 0 radical (unpaired) electrons. The lowest BCUT2D eigenvalue weighted by Gasteiger charge is -2.17. The van der Waals surface area contributed by atoms with Crippen molar-refractivity contribution in [3.05, 3.63) is 65.7 Å². The van der Waals surface area contributed by atoms with E-state index in [4.69, 9.17) is 4.74 Å². The van der Waals surface area contributed by atoms with Crippen LogP contribution >= 0.6 is 23.1 Å². The highest BCUT2D eigenvalue weighted by Gasteiger charge is 2.36. The summed E-state index contributed by atoms with van der Waals surface area (Å²) in [5.74, 6) is -1.19. The Hall–Kier alpha value is -3.17. The third kappa shape index (κ3) is 5.26. The van der Waals surface area contributed by atoms with Gasteiger partial charge in [-0.15, -0.1) is 23.1 Å². The number of thiazole rings is 1. The zero-order valence-electron chi connectivity index (χ0n) is 18.3. The number of anilines is 3. The Labute approximate surface area is 200 Å². The fourth-order valence-electron chi connectivity index (χ4n) is 3.63. The lowest BCUT2D eigenvalue weighted by Crippen LogP contribution is -2.26. The number of amides is 2. The highest BCUT2D eigenvalue weighted by Crippen LogP contribution is 2.30. The minimum absolute atomic E-state index is 0.0114. The van der Waals surface area contributed by atoms with E-state index in [2.05, 4.69) is 4.98 Å². The minimum Gasteiger partial charge on any atom is -0.459 e. The Balaban J connectivity index is 1.38. The van der Waals surface area contributed by atoms with Crippen molar-refractivity contribution in [2.45, 2.75) is 24.8 Å². The van der Waals surface area contributed by atoms with E-state index in [1.807, 2.05) is 60.9 Å². The number of benzene rings is 2. The smallest absolute Gasteiger partial charge is 0.311 e. The molecule has 0 aliphatic carbocycles. The average molecular weight is 482 g/mol. The molecule has 1 fully saturated rings. The summed E-state index contributed by atoms with van der Waals surface area (Å²) in [6.07, 6.45) is 2.10. The maximum absolute atomic E-state index is 12.6. The molecule has 0 saturated carbocycles. The Morgan fingerprint density at radius 3 is 2.73 bits per heavy atom. The first-order valence-corrected chi connectivity index (χ1v) is 12.5. The minimum atomic E-state index is -0.522. The van der Waals surface area contributed by atoms with Crippen LogP contribution in [-0.2, 0) is 25.7 Å². The average Bonchev–Trinajstić information content (AvgIpc) is 3.45. The Morgan fingerprint density at radius 1 is 1.21 bits per heavy atom. The summed E-state index contributed by atoms with van der Waals surface area (Å²) in [6.45, 7) is 1.76. The number of rotatable bonds is 7. The summed E-state index contributed by atoms with van der Waals surface area (Å²) in [5.41, 5.74) is 2.06. The maximum atomic E-state index is 12.6. The predicted molar refractivity (Wildman–Crippen MR) is 130 cm³/mol. The SMILES string of the molecule is CSc1cccc(N2C[C@@H](C(=O)OCc3csc(N(C(C)=O)c4ccccc4)n3)CC2=O)c1. The number of carbonyl (C=O) groups excluding carboxylic acids is 3. The molecule has 1 aliphatic heterocycles. The zero-order valence-corrected chi connectivity index (χ0v) is 19.9. The molecule has 4 rings (SSSR count). The van der Waals surface area contributed by atoms with Crippen molar-refractivity contribution >= 4 is 57.4 Å². The molecular formula is C24H23N3O4S2. The van der Waals surface area contributed by atoms with Crippen LogP contribution in [0.5, 0.6) is 0 Å². The fourth-order valence-corrected chi connectivity index (χ4v) is 4.95. The number of hydrogen-bond acceptors (Lipinski definition) is 7. The van der Waals surface area contributed by atoms with Crippen LogP contribution < -0.4 is 9.80 Å². The Bertz CT molecular complexity index is 1170. The molecule has 1 aromatic heterocycles. The molecule has 1 saturated heterocycles. The number of nitrogens with zero attached hydrogens (tertiary/aromatic N) is 3. The first-order valence-electron chi connectivity index (χ1n) is 10.4. The van der Waals surface area contributed by atoms with E-state index in [0.717, 1.165) is 16.3 Å². The molecule has 7 nitrogen and oxygen atoms in total. The number of ether oxygens (including phenoxy) is 1. The van der Waals surface area contributed by atoms with Crippen LogP contribution in [0, 0.1) is 5.92 Å². The van der Waals surface area contributed by atoms with E-state index in [9.17, 15) is 14.4 Å². The highest BCUT2D eigenvalue weighted by molar-refractivity contribution is 7.98. The van der Waals surface area contributed by atoms with Gasteiger partial charge in [0.1, 0.15) is 6.61 Å². The van der Waals surface area contributed by atoms with Crippen molar-refractivity contribution in [2.24, 2.45) is 5.92 Å². The number of hydrogen-bond donors (Lipinski definition) is 0. The molecule has 2 heterocycles. The van der Waals surface area contributed by atoms with Gasteiger partial charge in [0.05, 0.1) is 17.3 Å². The number of carbonyl (C=O) groups is 3. The molecule has 2 aromatic carbocycles. The van der Waals surface area contributed by atoms with Crippen molar-refractivity contribution < 1.29 is 19.1 Å². The van der Waals surface area contributed by atoms with Gasteiger partial charge in [0.2, 0.25) is 11.8 Å².